The number of nitrogens with one attached hydrogen (secondary N) is 1. The lowest BCUT2D eigenvalue weighted by atomic mass is 10.0. The van der Waals surface area contributed by atoms with E-state index in [9.17, 15) is 19.4 Å². The molecule has 2 atom stereocenters. The van der Waals surface area contributed by atoms with Gasteiger partial charge >= 0.3 is 6.09 Å². The van der Waals surface area contributed by atoms with Crippen LogP contribution in [0.25, 0.3) is 0 Å². The summed E-state index contributed by atoms with van der Waals surface area (Å²) in [4.78, 5) is 15.0. The predicted molar refractivity (Wildman–Crippen MR) is 84.4 cm³/mol. The highest BCUT2D eigenvalue weighted by Crippen LogP contribution is 2.17. The first-order chi connectivity index (χ1) is 11.6. The van der Waals surface area contributed by atoms with Gasteiger partial charge in [-0.25, -0.2) is 9.78 Å². The maximum absolute atomic E-state index is 12.7. The summed E-state index contributed by atoms with van der Waals surface area (Å²) in [6.07, 6.45) is -1.67. The van der Waals surface area contributed by atoms with Crippen LogP contribution < -0.4 is 5.32 Å². The lowest BCUT2D eigenvalue weighted by Crippen LogP contribution is -2.29. The SMILES string of the molecule is O=C(NCCC(O)C(O)c1ccc(F)nc1)OCc1ccccc1. The number of amides is 1. The van der Waals surface area contributed by atoms with E-state index >= 15 is 0 Å². The number of nitrogens with zero attached hydrogens (tertiary/aromatic N) is 1. The molecule has 6 nitrogen and oxygen atoms in total. The van der Waals surface area contributed by atoms with E-state index in [1.807, 2.05) is 30.3 Å². The average Bonchev–Trinajstić information content (AvgIpc) is 2.61. The van der Waals surface area contributed by atoms with Gasteiger partial charge in [-0.3, -0.25) is 0 Å². The second-order valence-electron chi connectivity index (χ2n) is 5.20. The first-order valence-corrected chi connectivity index (χ1v) is 7.48. The lowest BCUT2D eigenvalue weighted by Gasteiger charge is -2.18. The molecule has 7 heteroatoms. The van der Waals surface area contributed by atoms with Crippen LogP contribution in [0.3, 0.4) is 0 Å². The van der Waals surface area contributed by atoms with Crippen molar-refractivity contribution in [2.45, 2.75) is 25.2 Å². The fourth-order valence-electron chi connectivity index (χ4n) is 2.04. The van der Waals surface area contributed by atoms with Crippen molar-refractivity contribution in [2.75, 3.05) is 6.54 Å². The number of benzene rings is 1. The largest absolute Gasteiger partial charge is 0.445 e. The summed E-state index contributed by atoms with van der Waals surface area (Å²) < 4.78 is 17.7. The van der Waals surface area contributed by atoms with Crippen LogP contribution in [0.1, 0.15) is 23.7 Å². The van der Waals surface area contributed by atoms with Crippen molar-refractivity contribution in [3.8, 4) is 0 Å². The van der Waals surface area contributed by atoms with Crippen LogP contribution in [0, 0.1) is 5.95 Å². The Hall–Kier alpha value is -2.51. The molecule has 128 valence electrons. The molecule has 0 fully saturated rings. The van der Waals surface area contributed by atoms with Crippen molar-refractivity contribution in [1.29, 1.82) is 0 Å². The molecule has 0 bridgehead atoms. The minimum Gasteiger partial charge on any atom is -0.445 e. The number of rotatable bonds is 7. The highest BCUT2D eigenvalue weighted by molar-refractivity contribution is 5.67. The maximum Gasteiger partial charge on any atom is 0.407 e. The van der Waals surface area contributed by atoms with Gasteiger partial charge in [0.15, 0.2) is 0 Å². The summed E-state index contributed by atoms with van der Waals surface area (Å²) in [5.74, 6) is -0.664. The quantitative estimate of drug-likeness (QED) is 0.673. The van der Waals surface area contributed by atoms with Crippen LogP contribution in [-0.2, 0) is 11.3 Å². The number of pyridine rings is 1. The fraction of sp³-hybridized carbons (Fsp3) is 0.294. The summed E-state index contributed by atoms with van der Waals surface area (Å²) in [6.45, 7) is 0.277. The molecule has 3 N–H and O–H groups in total. The molecule has 2 unspecified atom stereocenters. The molecule has 0 saturated carbocycles. The van der Waals surface area contributed by atoms with Crippen LogP contribution in [0.5, 0.6) is 0 Å². The fourth-order valence-corrected chi connectivity index (χ4v) is 2.04. The number of hydrogen-bond acceptors (Lipinski definition) is 5. The third kappa shape index (κ3) is 5.60. The molecule has 1 amide bonds. The summed E-state index contributed by atoms with van der Waals surface area (Å²) in [5, 5.41) is 22.3. The number of halogens is 1. The van der Waals surface area contributed by atoms with Gasteiger partial charge in [0, 0.05) is 18.3 Å². The van der Waals surface area contributed by atoms with Gasteiger partial charge in [0.05, 0.1) is 6.10 Å². The molecule has 1 aromatic carbocycles. The number of aliphatic hydroxyl groups excluding tert-OH is 2. The number of carbonyl (C=O) groups is 1. The molecule has 0 radical (unpaired) electrons. The van der Waals surface area contributed by atoms with E-state index in [1.54, 1.807) is 0 Å². The summed E-state index contributed by atoms with van der Waals surface area (Å²) in [7, 11) is 0. The molecule has 0 aliphatic rings. The third-order valence-electron chi connectivity index (χ3n) is 3.38. The predicted octanol–water partition coefficient (Wildman–Crippen LogP) is 1.93. The molecule has 1 heterocycles. The van der Waals surface area contributed by atoms with Crippen molar-refractivity contribution in [2.24, 2.45) is 0 Å². The van der Waals surface area contributed by atoms with Gasteiger partial charge in [-0.05, 0) is 18.1 Å². The Labute approximate surface area is 138 Å². The molecule has 0 aliphatic heterocycles. The van der Waals surface area contributed by atoms with Crippen LogP contribution >= 0.6 is 0 Å². The van der Waals surface area contributed by atoms with E-state index < -0.39 is 24.2 Å². The first kappa shape index (κ1) is 17.8. The van der Waals surface area contributed by atoms with Crippen molar-refractivity contribution < 1.29 is 24.1 Å². The standard InChI is InChI=1S/C17H19FN2O4/c18-15-7-6-13(10-20-15)16(22)14(21)8-9-19-17(23)24-11-12-4-2-1-3-5-12/h1-7,10,14,16,21-22H,8-9,11H2,(H,19,23). The molecular formula is C17H19FN2O4. The smallest absolute Gasteiger partial charge is 0.407 e. The molecule has 2 aromatic rings. The van der Waals surface area contributed by atoms with Gasteiger partial charge in [-0.15, -0.1) is 0 Å². The molecular weight excluding hydrogens is 315 g/mol. The van der Waals surface area contributed by atoms with E-state index in [1.165, 1.54) is 6.07 Å². The Morgan fingerprint density at radius 2 is 1.96 bits per heavy atom. The van der Waals surface area contributed by atoms with Gasteiger partial charge in [0.2, 0.25) is 5.95 Å². The van der Waals surface area contributed by atoms with Crippen LogP contribution in [0.2, 0.25) is 0 Å². The Bertz CT molecular complexity index is 637. The highest BCUT2D eigenvalue weighted by Gasteiger charge is 2.19. The number of carbonyl (C=O) groups excluding carboxylic acids is 1. The van der Waals surface area contributed by atoms with E-state index in [2.05, 4.69) is 10.3 Å². The summed E-state index contributed by atoms with van der Waals surface area (Å²) >= 11 is 0. The van der Waals surface area contributed by atoms with Crippen molar-refractivity contribution in [3.63, 3.8) is 0 Å². The zero-order valence-corrected chi connectivity index (χ0v) is 12.9. The van der Waals surface area contributed by atoms with Gasteiger partial charge in [-0.1, -0.05) is 36.4 Å². The monoisotopic (exact) mass is 334 g/mol. The van der Waals surface area contributed by atoms with Gasteiger partial charge in [0.1, 0.15) is 12.7 Å². The Balaban J connectivity index is 1.68. The number of alkyl carbamates (subject to hydrolysis) is 1. The van der Waals surface area contributed by atoms with Crippen LogP contribution in [-0.4, -0.2) is 33.9 Å². The molecule has 24 heavy (non-hydrogen) atoms. The van der Waals surface area contributed by atoms with Gasteiger partial charge in [0.25, 0.3) is 0 Å². The van der Waals surface area contributed by atoms with Crippen molar-refractivity contribution in [3.05, 3.63) is 65.7 Å². The topological polar surface area (TPSA) is 91.7 Å². The molecule has 2 rings (SSSR count). The van der Waals surface area contributed by atoms with E-state index in [4.69, 9.17) is 4.74 Å². The number of ether oxygens (including phenoxy) is 1. The maximum atomic E-state index is 12.7. The van der Waals surface area contributed by atoms with Crippen LogP contribution in [0.15, 0.2) is 48.7 Å². The zero-order valence-electron chi connectivity index (χ0n) is 12.9. The van der Waals surface area contributed by atoms with Crippen molar-refractivity contribution in [1.82, 2.24) is 10.3 Å². The molecule has 0 spiro atoms. The third-order valence-corrected chi connectivity index (χ3v) is 3.38. The lowest BCUT2D eigenvalue weighted by molar-refractivity contribution is 0.0134. The number of hydrogen-bond donors (Lipinski definition) is 3. The second-order valence-corrected chi connectivity index (χ2v) is 5.20. The summed E-state index contributed by atoms with van der Waals surface area (Å²) in [5.41, 5.74) is 1.17. The Morgan fingerprint density at radius 3 is 2.62 bits per heavy atom. The second kappa shape index (κ2) is 8.95. The summed E-state index contributed by atoms with van der Waals surface area (Å²) in [6, 6.07) is 11.7. The number of aliphatic hydroxyl groups is 2. The Morgan fingerprint density at radius 1 is 1.21 bits per heavy atom. The highest BCUT2D eigenvalue weighted by atomic mass is 19.1. The minimum absolute atomic E-state index is 0.110. The Kier molecular flexibility index (Phi) is 6.65. The normalized spacial score (nSPS) is 13.1. The van der Waals surface area contributed by atoms with Crippen molar-refractivity contribution >= 4 is 6.09 Å². The molecule has 0 saturated heterocycles. The average molecular weight is 334 g/mol. The molecule has 0 aliphatic carbocycles. The first-order valence-electron chi connectivity index (χ1n) is 7.48. The van der Waals surface area contributed by atoms with Gasteiger partial charge < -0.3 is 20.3 Å². The van der Waals surface area contributed by atoms with E-state index in [-0.39, 0.29) is 19.6 Å². The minimum atomic E-state index is -1.21. The van der Waals surface area contributed by atoms with E-state index in [0.29, 0.717) is 5.56 Å². The van der Waals surface area contributed by atoms with Crippen LogP contribution in [0.4, 0.5) is 9.18 Å². The number of aromatic nitrogens is 1. The molecule has 1 aromatic heterocycles. The van der Waals surface area contributed by atoms with Gasteiger partial charge in [-0.2, -0.15) is 4.39 Å². The zero-order chi connectivity index (χ0) is 17.4. The van der Waals surface area contributed by atoms with E-state index in [0.717, 1.165) is 17.8 Å².